The lowest BCUT2D eigenvalue weighted by molar-refractivity contribution is 0.102. The second-order valence-electron chi connectivity index (χ2n) is 6.75. The van der Waals surface area contributed by atoms with Gasteiger partial charge in [0.1, 0.15) is 0 Å². The molecule has 0 unspecified atom stereocenters. The number of amides is 1. The van der Waals surface area contributed by atoms with Crippen LogP contribution in [-0.2, 0) is 10.0 Å². The molecule has 0 aromatic heterocycles. The molecule has 1 amide bonds. The number of hydrogen-bond acceptors (Lipinski definition) is 3. The highest BCUT2D eigenvalue weighted by Gasteiger charge is 2.23. The third-order valence-electron chi connectivity index (χ3n) is 4.56. The summed E-state index contributed by atoms with van der Waals surface area (Å²) >= 11 is 5.94. The topological polar surface area (TPSA) is 66.5 Å². The van der Waals surface area contributed by atoms with Crippen molar-refractivity contribution in [3.05, 3.63) is 88.4 Å². The molecular weight excluding hydrogens is 408 g/mol. The average Bonchev–Trinajstić information content (AvgIpc) is 2.67. The Kier molecular flexibility index (Phi) is 5.96. The van der Waals surface area contributed by atoms with Gasteiger partial charge in [0.15, 0.2) is 0 Å². The molecule has 0 aliphatic rings. The molecular formula is C22H21ClN2O3S. The van der Waals surface area contributed by atoms with Crippen LogP contribution < -0.4 is 9.62 Å². The number of rotatable bonds is 5. The normalized spacial score (nSPS) is 11.2. The van der Waals surface area contributed by atoms with Crippen LogP contribution >= 0.6 is 11.6 Å². The van der Waals surface area contributed by atoms with E-state index in [1.54, 1.807) is 73.7 Å². The van der Waals surface area contributed by atoms with Crippen LogP contribution in [0.3, 0.4) is 0 Å². The van der Waals surface area contributed by atoms with Crippen LogP contribution in [0, 0.1) is 13.8 Å². The van der Waals surface area contributed by atoms with E-state index >= 15 is 0 Å². The molecule has 0 bridgehead atoms. The van der Waals surface area contributed by atoms with Crippen molar-refractivity contribution in [1.29, 1.82) is 0 Å². The second kappa shape index (κ2) is 8.27. The van der Waals surface area contributed by atoms with E-state index in [1.807, 2.05) is 6.92 Å². The zero-order valence-electron chi connectivity index (χ0n) is 16.3. The monoisotopic (exact) mass is 428 g/mol. The molecule has 0 saturated carbocycles. The molecule has 0 aliphatic carbocycles. The van der Waals surface area contributed by atoms with E-state index in [4.69, 9.17) is 11.6 Å². The SMILES string of the molecule is Cc1ccc(S(=O)(=O)N(C)c2ccc(C(=O)Nc3cccc(Cl)c3)cc2C)cc1. The predicted molar refractivity (Wildman–Crippen MR) is 117 cm³/mol. The molecule has 0 saturated heterocycles. The Bertz CT molecular complexity index is 1160. The van der Waals surface area contributed by atoms with Crippen LogP contribution in [0.15, 0.2) is 71.6 Å². The molecule has 1 N–H and O–H groups in total. The quantitative estimate of drug-likeness (QED) is 0.619. The summed E-state index contributed by atoms with van der Waals surface area (Å²) in [6, 6.07) is 18.5. The highest BCUT2D eigenvalue weighted by Crippen LogP contribution is 2.27. The molecule has 150 valence electrons. The fraction of sp³-hybridized carbons (Fsp3) is 0.136. The van der Waals surface area contributed by atoms with Gasteiger partial charge in [0.25, 0.3) is 15.9 Å². The van der Waals surface area contributed by atoms with E-state index in [0.29, 0.717) is 27.5 Å². The lowest BCUT2D eigenvalue weighted by Crippen LogP contribution is -2.27. The summed E-state index contributed by atoms with van der Waals surface area (Å²) in [6.07, 6.45) is 0. The highest BCUT2D eigenvalue weighted by atomic mass is 35.5. The number of nitrogens with zero attached hydrogens (tertiary/aromatic N) is 1. The summed E-state index contributed by atoms with van der Waals surface area (Å²) in [5.74, 6) is -0.300. The Balaban J connectivity index is 1.85. The summed E-state index contributed by atoms with van der Waals surface area (Å²) in [4.78, 5) is 12.7. The third kappa shape index (κ3) is 4.60. The van der Waals surface area contributed by atoms with E-state index in [2.05, 4.69) is 5.32 Å². The number of benzene rings is 3. The van der Waals surface area contributed by atoms with Crippen LogP contribution in [0.4, 0.5) is 11.4 Å². The summed E-state index contributed by atoms with van der Waals surface area (Å²) in [5, 5.41) is 3.31. The number of carbonyl (C=O) groups is 1. The first-order valence-corrected chi connectivity index (χ1v) is 10.7. The maximum atomic E-state index is 12.9. The van der Waals surface area contributed by atoms with E-state index < -0.39 is 10.0 Å². The van der Waals surface area contributed by atoms with Crippen molar-refractivity contribution in [2.24, 2.45) is 0 Å². The Morgan fingerprint density at radius 1 is 0.966 bits per heavy atom. The third-order valence-corrected chi connectivity index (χ3v) is 6.58. The summed E-state index contributed by atoms with van der Waals surface area (Å²) < 4.78 is 27.1. The Labute approximate surface area is 176 Å². The van der Waals surface area contributed by atoms with Gasteiger partial charge in [-0.25, -0.2) is 8.42 Å². The number of hydrogen-bond donors (Lipinski definition) is 1. The average molecular weight is 429 g/mol. The van der Waals surface area contributed by atoms with Gasteiger partial charge in [-0.1, -0.05) is 35.4 Å². The maximum Gasteiger partial charge on any atom is 0.264 e. The standard InChI is InChI=1S/C22H21ClN2O3S/c1-15-7-10-20(11-8-15)29(27,28)25(3)21-12-9-17(13-16(21)2)22(26)24-19-6-4-5-18(23)14-19/h4-14H,1-3H3,(H,24,26). The van der Waals surface area contributed by atoms with Crippen molar-refractivity contribution >= 4 is 38.9 Å². The van der Waals surface area contributed by atoms with E-state index in [0.717, 1.165) is 5.56 Å². The Hall–Kier alpha value is -2.83. The number of sulfonamides is 1. The molecule has 0 heterocycles. The molecule has 0 aliphatic heterocycles. The fourth-order valence-corrected chi connectivity index (χ4v) is 4.37. The number of halogens is 1. The largest absolute Gasteiger partial charge is 0.322 e. The minimum absolute atomic E-state index is 0.216. The molecule has 29 heavy (non-hydrogen) atoms. The minimum atomic E-state index is -3.70. The molecule has 3 rings (SSSR count). The van der Waals surface area contributed by atoms with Gasteiger partial charge in [-0.05, 0) is 67.9 Å². The molecule has 7 heteroatoms. The van der Waals surface area contributed by atoms with Gasteiger partial charge >= 0.3 is 0 Å². The van der Waals surface area contributed by atoms with Crippen molar-refractivity contribution in [2.75, 3.05) is 16.7 Å². The predicted octanol–water partition coefficient (Wildman–Crippen LogP) is 5.03. The summed E-state index contributed by atoms with van der Waals surface area (Å²) in [6.45, 7) is 3.67. The van der Waals surface area contributed by atoms with Crippen molar-refractivity contribution in [2.45, 2.75) is 18.7 Å². The lowest BCUT2D eigenvalue weighted by Gasteiger charge is -2.22. The maximum absolute atomic E-state index is 12.9. The minimum Gasteiger partial charge on any atom is -0.322 e. The number of aryl methyl sites for hydroxylation is 2. The van der Waals surface area contributed by atoms with Gasteiger partial charge in [0.2, 0.25) is 0 Å². The van der Waals surface area contributed by atoms with Crippen molar-refractivity contribution < 1.29 is 13.2 Å². The zero-order chi connectivity index (χ0) is 21.2. The number of nitrogens with one attached hydrogen (secondary N) is 1. The molecule has 5 nitrogen and oxygen atoms in total. The Morgan fingerprint density at radius 2 is 1.66 bits per heavy atom. The second-order valence-corrected chi connectivity index (χ2v) is 9.16. The van der Waals surface area contributed by atoms with Crippen molar-refractivity contribution in [3.8, 4) is 0 Å². The number of anilines is 2. The van der Waals surface area contributed by atoms with E-state index in [1.165, 1.54) is 11.4 Å². The van der Waals surface area contributed by atoms with Crippen LogP contribution in [0.5, 0.6) is 0 Å². The Morgan fingerprint density at radius 3 is 2.28 bits per heavy atom. The van der Waals surface area contributed by atoms with Crippen LogP contribution in [0.2, 0.25) is 5.02 Å². The molecule has 3 aromatic carbocycles. The molecule has 0 fully saturated rings. The smallest absolute Gasteiger partial charge is 0.264 e. The highest BCUT2D eigenvalue weighted by molar-refractivity contribution is 7.92. The first kappa shape index (κ1) is 20.9. The summed E-state index contributed by atoms with van der Waals surface area (Å²) in [5.41, 5.74) is 3.17. The van der Waals surface area contributed by atoms with Crippen LogP contribution in [0.25, 0.3) is 0 Å². The van der Waals surface area contributed by atoms with Crippen LogP contribution in [0.1, 0.15) is 21.5 Å². The van der Waals surface area contributed by atoms with Gasteiger partial charge < -0.3 is 5.32 Å². The van der Waals surface area contributed by atoms with Gasteiger partial charge in [-0.2, -0.15) is 0 Å². The van der Waals surface area contributed by atoms with Gasteiger partial charge in [-0.3, -0.25) is 9.10 Å². The molecule has 0 radical (unpaired) electrons. The van der Waals surface area contributed by atoms with Gasteiger partial charge in [0.05, 0.1) is 10.6 Å². The molecule has 0 spiro atoms. The number of carbonyl (C=O) groups excluding carboxylic acids is 1. The summed E-state index contributed by atoms with van der Waals surface area (Å²) in [7, 11) is -2.20. The molecule has 0 atom stereocenters. The van der Waals surface area contributed by atoms with Crippen molar-refractivity contribution in [3.63, 3.8) is 0 Å². The molecule has 3 aromatic rings. The van der Waals surface area contributed by atoms with E-state index in [-0.39, 0.29) is 10.8 Å². The van der Waals surface area contributed by atoms with Crippen molar-refractivity contribution in [1.82, 2.24) is 0 Å². The van der Waals surface area contributed by atoms with E-state index in [9.17, 15) is 13.2 Å². The van der Waals surface area contributed by atoms with Crippen LogP contribution in [-0.4, -0.2) is 21.4 Å². The van der Waals surface area contributed by atoms with Gasteiger partial charge in [-0.15, -0.1) is 0 Å². The first-order chi connectivity index (χ1) is 13.7. The zero-order valence-corrected chi connectivity index (χ0v) is 17.9. The van der Waals surface area contributed by atoms with Gasteiger partial charge in [0, 0.05) is 23.3 Å². The lowest BCUT2D eigenvalue weighted by atomic mass is 10.1. The first-order valence-electron chi connectivity index (χ1n) is 8.91. The fourth-order valence-electron chi connectivity index (χ4n) is 2.92.